The van der Waals surface area contributed by atoms with Crippen LogP contribution in [-0.4, -0.2) is 74.4 Å². The summed E-state index contributed by atoms with van der Waals surface area (Å²) < 4.78 is 21.8. The fraction of sp³-hybridized carbons (Fsp3) is 0.586. The Kier molecular flexibility index (Phi) is 12.3. The van der Waals surface area contributed by atoms with Gasteiger partial charge in [0.05, 0.1) is 25.0 Å². The third-order valence-corrected chi connectivity index (χ3v) is 7.21. The molecule has 2 amide bonds. The molecule has 11 heteroatoms. The summed E-state index contributed by atoms with van der Waals surface area (Å²) in [4.78, 5) is 50.7. The molecule has 1 heterocycles. The van der Waals surface area contributed by atoms with Gasteiger partial charge in [0.2, 0.25) is 17.5 Å². The summed E-state index contributed by atoms with van der Waals surface area (Å²) in [6.45, 7) is 7.09. The Morgan fingerprint density at radius 3 is 2.35 bits per heavy atom. The van der Waals surface area contributed by atoms with Crippen molar-refractivity contribution < 1.29 is 43.2 Å². The van der Waals surface area contributed by atoms with E-state index in [0.717, 1.165) is 6.08 Å². The monoisotopic (exact) mass is 562 g/mol. The van der Waals surface area contributed by atoms with Crippen LogP contribution in [0.2, 0.25) is 0 Å². The maximum atomic E-state index is 13.3. The molecule has 0 fully saturated rings. The van der Waals surface area contributed by atoms with Crippen LogP contribution >= 0.6 is 0 Å². The fourth-order valence-corrected chi connectivity index (χ4v) is 4.96. The topological polar surface area (TPSA) is 163 Å². The second kappa shape index (κ2) is 14.9. The molecule has 2 rings (SSSR count). The number of ether oxygens (including phenoxy) is 4. The first-order chi connectivity index (χ1) is 18.8. The lowest BCUT2D eigenvalue weighted by Gasteiger charge is -2.29. The second-order valence-corrected chi connectivity index (χ2v) is 10.5. The zero-order valence-electron chi connectivity index (χ0n) is 24.3. The molecule has 2 aliphatic rings. The number of Topliss-reactive ketones (excluding diaryl/α,β-unsaturated/α-hetero) is 1. The molecule has 11 nitrogen and oxygen atoms in total. The van der Waals surface area contributed by atoms with Crippen LogP contribution < -0.4 is 11.1 Å². The Labute approximate surface area is 235 Å². The highest BCUT2D eigenvalue weighted by Gasteiger charge is 2.34. The number of hydrogen-bond acceptors (Lipinski definition) is 9. The van der Waals surface area contributed by atoms with Crippen molar-refractivity contribution in [2.45, 2.75) is 71.4 Å². The highest BCUT2D eigenvalue weighted by Crippen LogP contribution is 2.29. The molecule has 7 atom stereocenters. The number of aliphatic hydroxyl groups excluding tert-OH is 1. The average Bonchev–Trinajstić information content (AvgIpc) is 2.90. The first kappa shape index (κ1) is 32.9. The number of carbonyl (C=O) groups excluding carboxylic acids is 4. The van der Waals surface area contributed by atoms with Gasteiger partial charge in [-0.15, -0.1) is 0 Å². The lowest BCUT2D eigenvalue weighted by Crippen LogP contribution is -2.37. The van der Waals surface area contributed by atoms with E-state index < -0.39 is 59.8 Å². The molecule has 0 spiro atoms. The summed E-state index contributed by atoms with van der Waals surface area (Å²) in [5, 5.41) is 13.7. The summed E-state index contributed by atoms with van der Waals surface area (Å²) in [5.74, 6) is -2.73. The maximum Gasteiger partial charge on any atom is 0.405 e. The molecule has 222 valence electrons. The molecule has 0 aromatic carbocycles. The van der Waals surface area contributed by atoms with Crippen molar-refractivity contribution in [2.24, 2.45) is 23.5 Å². The predicted molar refractivity (Wildman–Crippen MR) is 147 cm³/mol. The SMILES string of the molecule is COC1=C2C[C@@H](C)C[C@H](OC)[C@H](O)[C@@H](C)/C=C(\C)[C@H](OC(N)=O)[C@@H](OC)/C=C\CC(C)C(=O)NC(=CC1=O)C2=O. The van der Waals surface area contributed by atoms with Crippen molar-refractivity contribution in [3.63, 3.8) is 0 Å². The van der Waals surface area contributed by atoms with Crippen molar-refractivity contribution in [1.29, 1.82) is 0 Å². The molecule has 40 heavy (non-hydrogen) atoms. The quantitative estimate of drug-likeness (QED) is 0.345. The molecule has 0 saturated carbocycles. The van der Waals surface area contributed by atoms with Gasteiger partial charge in [0.25, 0.3) is 0 Å². The molecule has 2 bridgehead atoms. The van der Waals surface area contributed by atoms with Gasteiger partial charge in [0.1, 0.15) is 6.10 Å². The van der Waals surface area contributed by atoms with E-state index in [2.05, 4.69) is 5.32 Å². The number of methoxy groups -OCH3 is 3. The normalized spacial score (nSPS) is 33.4. The Hall–Kier alpha value is -3.28. The number of fused-ring (bicyclic) bond motifs is 2. The maximum absolute atomic E-state index is 13.3. The summed E-state index contributed by atoms with van der Waals surface area (Å²) in [5.41, 5.74) is 5.98. The lowest BCUT2D eigenvalue weighted by atomic mass is 9.85. The number of aliphatic hydroxyl groups is 1. The number of primary amides is 1. The standard InChI is InChI=1S/C29H42N2O9/c1-15-11-19-25(34)20(14-21(32)27(19)39-7)31-28(35)16(2)9-8-10-22(37-5)26(40-29(30)36)18(4)13-17(3)24(33)23(12-15)38-6/h8,10,13-17,22-24,26,33H,9,11-12H2,1-7H3,(H2,30,36)(H,31,35)/b10-8-,18-13+/t15-,16?,17+,22+,23+,24-,26+/m1/s1. The second-order valence-electron chi connectivity index (χ2n) is 10.5. The van der Waals surface area contributed by atoms with Gasteiger partial charge in [-0.2, -0.15) is 0 Å². The van der Waals surface area contributed by atoms with E-state index in [1.54, 1.807) is 39.0 Å². The van der Waals surface area contributed by atoms with Gasteiger partial charge in [0, 0.05) is 37.7 Å². The van der Waals surface area contributed by atoms with Crippen LogP contribution in [0.5, 0.6) is 0 Å². The lowest BCUT2D eigenvalue weighted by molar-refractivity contribution is -0.125. The average molecular weight is 563 g/mol. The Morgan fingerprint density at radius 2 is 1.77 bits per heavy atom. The third kappa shape index (κ3) is 8.36. The number of amides is 2. The first-order valence-corrected chi connectivity index (χ1v) is 13.3. The van der Waals surface area contributed by atoms with Crippen molar-refractivity contribution in [1.82, 2.24) is 5.32 Å². The van der Waals surface area contributed by atoms with Crippen molar-refractivity contribution in [3.05, 3.63) is 46.9 Å². The number of nitrogens with two attached hydrogens (primary N) is 1. The largest absolute Gasteiger partial charge is 0.492 e. The molecular weight excluding hydrogens is 520 g/mol. The Balaban J connectivity index is 2.54. The van der Waals surface area contributed by atoms with E-state index in [9.17, 15) is 24.3 Å². The van der Waals surface area contributed by atoms with Crippen LogP contribution in [0.4, 0.5) is 4.79 Å². The zero-order chi connectivity index (χ0) is 30.1. The summed E-state index contributed by atoms with van der Waals surface area (Å²) in [7, 11) is 4.25. The van der Waals surface area contributed by atoms with E-state index in [1.165, 1.54) is 21.3 Å². The van der Waals surface area contributed by atoms with Gasteiger partial charge in [0.15, 0.2) is 11.9 Å². The molecular formula is C29H42N2O9. The highest BCUT2D eigenvalue weighted by atomic mass is 16.6. The Morgan fingerprint density at radius 1 is 1.10 bits per heavy atom. The molecule has 0 aromatic rings. The van der Waals surface area contributed by atoms with Gasteiger partial charge < -0.3 is 35.1 Å². The van der Waals surface area contributed by atoms with E-state index in [0.29, 0.717) is 12.0 Å². The van der Waals surface area contributed by atoms with Crippen molar-refractivity contribution in [3.8, 4) is 0 Å². The molecule has 1 aliphatic heterocycles. The van der Waals surface area contributed by atoms with Crippen LogP contribution in [0.15, 0.2) is 46.9 Å². The molecule has 1 unspecified atom stereocenters. The summed E-state index contributed by atoms with van der Waals surface area (Å²) in [6, 6.07) is 0. The molecule has 1 aliphatic carbocycles. The zero-order valence-corrected chi connectivity index (χ0v) is 24.3. The van der Waals surface area contributed by atoms with Crippen LogP contribution in [0.25, 0.3) is 0 Å². The molecule has 0 radical (unpaired) electrons. The van der Waals surface area contributed by atoms with Gasteiger partial charge in [-0.1, -0.05) is 39.0 Å². The fourth-order valence-electron chi connectivity index (χ4n) is 4.96. The van der Waals surface area contributed by atoms with Crippen LogP contribution in [-0.2, 0) is 33.3 Å². The van der Waals surface area contributed by atoms with Crippen molar-refractivity contribution >= 4 is 23.6 Å². The molecule has 0 saturated heterocycles. The number of hydrogen-bond donors (Lipinski definition) is 3. The number of allylic oxidation sites excluding steroid dienone is 3. The smallest absolute Gasteiger partial charge is 0.405 e. The first-order valence-electron chi connectivity index (χ1n) is 13.3. The van der Waals surface area contributed by atoms with E-state index in [4.69, 9.17) is 24.7 Å². The predicted octanol–water partition coefficient (Wildman–Crippen LogP) is 2.49. The number of ketones is 2. The summed E-state index contributed by atoms with van der Waals surface area (Å²) >= 11 is 0. The van der Waals surface area contributed by atoms with E-state index >= 15 is 0 Å². The van der Waals surface area contributed by atoms with Gasteiger partial charge in [-0.3, -0.25) is 14.4 Å². The van der Waals surface area contributed by atoms with Crippen LogP contribution in [0.1, 0.15) is 47.0 Å². The van der Waals surface area contributed by atoms with Crippen molar-refractivity contribution in [2.75, 3.05) is 21.3 Å². The molecule has 0 aromatic heterocycles. The Bertz CT molecular complexity index is 1090. The number of carbonyl (C=O) groups is 4. The van der Waals surface area contributed by atoms with Gasteiger partial charge in [-0.25, -0.2) is 4.79 Å². The number of nitrogens with one attached hydrogen (secondary N) is 1. The van der Waals surface area contributed by atoms with Crippen LogP contribution in [0.3, 0.4) is 0 Å². The molecule has 4 N–H and O–H groups in total. The van der Waals surface area contributed by atoms with Gasteiger partial charge in [-0.05, 0) is 37.7 Å². The minimum absolute atomic E-state index is 0.0655. The summed E-state index contributed by atoms with van der Waals surface area (Å²) in [6.07, 6.45) is 2.80. The minimum atomic E-state index is -0.987. The minimum Gasteiger partial charge on any atom is -0.492 e. The van der Waals surface area contributed by atoms with E-state index in [-0.39, 0.29) is 35.8 Å². The van der Waals surface area contributed by atoms with Gasteiger partial charge >= 0.3 is 6.09 Å². The van der Waals surface area contributed by atoms with E-state index in [1.807, 2.05) is 6.92 Å². The third-order valence-electron chi connectivity index (χ3n) is 7.21. The number of rotatable bonds is 4. The highest BCUT2D eigenvalue weighted by molar-refractivity contribution is 6.22. The van der Waals surface area contributed by atoms with Crippen LogP contribution in [0, 0.1) is 17.8 Å².